The second-order valence-corrected chi connectivity index (χ2v) is 5.69. The number of benzene rings is 1. The summed E-state index contributed by atoms with van der Waals surface area (Å²) in [5, 5.41) is 10.9. The molecule has 0 atom stereocenters. The summed E-state index contributed by atoms with van der Waals surface area (Å²) in [6, 6.07) is 5.56. The highest BCUT2D eigenvalue weighted by molar-refractivity contribution is 5.62. The molecule has 116 valence electrons. The summed E-state index contributed by atoms with van der Waals surface area (Å²) in [5.74, 6) is 0. The predicted molar refractivity (Wildman–Crippen MR) is 84.1 cm³/mol. The van der Waals surface area contributed by atoms with Crippen LogP contribution in [0.3, 0.4) is 0 Å². The molecule has 21 heavy (non-hydrogen) atoms. The maximum absolute atomic E-state index is 10.9. The van der Waals surface area contributed by atoms with Crippen LogP contribution in [0.1, 0.15) is 25.3 Å². The van der Waals surface area contributed by atoms with Gasteiger partial charge in [-0.1, -0.05) is 19.1 Å². The van der Waals surface area contributed by atoms with Crippen molar-refractivity contribution < 1.29 is 4.92 Å². The average Bonchev–Trinajstić information content (AvgIpc) is 2.49. The number of nitrogen functional groups attached to an aromatic ring is 1. The van der Waals surface area contributed by atoms with Crippen molar-refractivity contribution in [3.05, 3.63) is 33.9 Å². The van der Waals surface area contributed by atoms with Crippen LogP contribution in [0.15, 0.2) is 18.2 Å². The maximum Gasteiger partial charge on any atom is 0.292 e. The Morgan fingerprint density at radius 2 is 2.10 bits per heavy atom. The third-order valence-corrected chi connectivity index (χ3v) is 4.42. The molecule has 0 amide bonds. The van der Waals surface area contributed by atoms with Gasteiger partial charge >= 0.3 is 0 Å². The molecule has 0 aromatic heterocycles. The van der Waals surface area contributed by atoms with Gasteiger partial charge in [0.2, 0.25) is 0 Å². The molecule has 0 saturated carbocycles. The van der Waals surface area contributed by atoms with E-state index in [0.717, 1.165) is 38.0 Å². The van der Waals surface area contributed by atoms with Gasteiger partial charge in [-0.25, -0.2) is 0 Å². The third kappa shape index (κ3) is 3.71. The van der Waals surface area contributed by atoms with Gasteiger partial charge in [0.1, 0.15) is 5.69 Å². The molecule has 0 bridgehead atoms. The van der Waals surface area contributed by atoms with Crippen LogP contribution < -0.4 is 5.73 Å². The summed E-state index contributed by atoms with van der Waals surface area (Å²) in [5.41, 5.74) is 7.06. The predicted octanol–water partition coefficient (Wildman–Crippen LogP) is 2.09. The Morgan fingerprint density at radius 1 is 1.43 bits per heavy atom. The highest BCUT2D eigenvalue weighted by Crippen LogP contribution is 2.27. The molecule has 6 nitrogen and oxygen atoms in total. The van der Waals surface area contributed by atoms with Crippen LogP contribution in [0.2, 0.25) is 0 Å². The topological polar surface area (TPSA) is 75.6 Å². The molecule has 0 unspecified atom stereocenters. The summed E-state index contributed by atoms with van der Waals surface area (Å²) >= 11 is 0. The van der Waals surface area contributed by atoms with E-state index in [-0.39, 0.29) is 5.69 Å². The first-order valence-electron chi connectivity index (χ1n) is 7.47. The molecule has 1 aromatic rings. The lowest BCUT2D eigenvalue weighted by Gasteiger charge is -2.36. The largest absolute Gasteiger partial charge is 0.393 e. The first-order chi connectivity index (χ1) is 10.0. The number of anilines is 1. The summed E-state index contributed by atoms with van der Waals surface area (Å²) in [4.78, 5) is 15.2. The molecule has 2 rings (SSSR count). The van der Waals surface area contributed by atoms with E-state index in [1.807, 2.05) is 6.07 Å². The summed E-state index contributed by atoms with van der Waals surface area (Å²) in [6.45, 7) is 6.19. The molecule has 1 fully saturated rings. The van der Waals surface area contributed by atoms with Crippen LogP contribution in [-0.4, -0.2) is 47.4 Å². The average molecular weight is 292 g/mol. The molecule has 1 aliphatic heterocycles. The van der Waals surface area contributed by atoms with Gasteiger partial charge < -0.3 is 10.6 Å². The SMILES string of the molecule is CCN1CCC(N(C)Cc2cccc([N+](=O)[O-])c2N)CC1. The molecular weight excluding hydrogens is 268 g/mol. The normalized spacial score (nSPS) is 17.3. The number of rotatable bonds is 5. The van der Waals surface area contributed by atoms with Crippen LogP contribution in [-0.2, 0) is 6.54 Å². The standard InChI is InChI=1S/C15H24N4O2/c1-3-18-9-7-13(8-10-18)17(2)11-12-5-4-6-14(15(12)16)19(20)21/h4-6,13H,3,7-11,16H2,1-2H3. The van der Waals surface area contributed by atoms with Crippen molar-refractivity contribution in [2.75, 3.05) is 32.4 Å². The number of nitro groups is 1. The minimum absolute atomic E-state index is 0.00158. The summed E-state index contributed by atoms with van der Waals surface area (Å²) in [7, 11) is 2.07. The van der Waals surface area contributed by atoms with E-state index >= 15 is 0 Å². The lowest BCUT2D eigenvalue weighted by molar-refractivity contribution is -0.384. The third-order valence-electron chi connectivity index (χ3n) is 4.42. The van der Waals surface area contributed by atoms with Crippen LogP contribution in [0.5, 0.6) is 0 Å². The number of nitrogens with two attached hydrogens (primary N) is 1. The molecule has 2 N–H and O–H groups in total. The summed E-state index contributed by atoms with van der Waals surface area (Å²) in [6.07, 6.45) is 2.28. The highest BCUT2D eigenvalue weighted by atomic mass is 16.6. The number of piperidine rings is 1. The lowest BCUT2D eigenvalue weighted by Crippen LogP contribution is -2.42. The first kappa shape index (κ1) is 15.7. The van der Waals surface area contributed by atoms with Crippen molar-refractivity contribution in [1.29, 1.82) is 0 Å². The minimum atomic E-state index is -0.418. The fraction of sp³-hybridized carbons (Fsp3) is 0.600. The van der Waals surface area contributed by atoms with Crippen molar-refractivity contribution >= 4 is 11.4 Å². The zero-order valence-electron chi connectivity index (χ0n) is 12.8. The van der Waals surface area contributed by atoms with Gasteiger partial charge in [0.15, 0.2) is 0 Å². The molecular formula is C15H24N4O2. The number of hydrogen-bond acceptors (Lipinski definition) is 5. The van der Waals surface area contributed by atoms with Crippen LogP contribution >= 0.6 is 0 Å². The van der Waals surface area contributed by atoms with E-state index in [0.29, 0.717) is 18.3 Å². The van der Waals surface area contributed by atoms with E-state index in [4.69, 9.17) is 5.73 Å². The quantitative estimate of drug-likeness (QED) is 0.511. The van der Waals surface area contributed by atoms with Crippen molar-refractivity contribution in [3.63, 3.8) is 0 Å². The second kappa shape index (κ2) is 6.87. The van der Waals surface area contributed by atoms with Gasteiger partial charge in [-0.3, -0.25) is 15.0 Å². The molecule has 1 aliphatic rings. The van der Waals surface area contributed by atoms with Gasteiger partial charge in [-0.2, -0.15) is 0 Å². The van der Waals surface area contributed by atoms with Crippen LogP contribution in [0.25, 0.3) is 0 Å². The van der Waals surface area contributed by atoms with E-state index in [9.17, 15) is 10.1 Å². The maximum atomic E-state index is 10.9. The monoisotopic (exact) mass is 292 g/mol. The Morgan fingerprint density at radius 3 is 2.67 bits per heavy atom. The number of para-hydroxylation sites is 1. The van der Waals surface area contributed by atoms with Gasteiger partial charge in [0.05, 0.1) is 4.92 Å². The van der Waals surface area contributed by atoms with E-state index in [1.165, 1.54) is 6.07 Å². The second-order valence-electron chi connectivity index (χ2n) is 5.69. The highest BCUT2D eigenvalue weighted by Gasteiger charge is 2.23. The molecule has 1 aromatic carbocycles. The van der Waals surface area contributed by atoms with Crippen LogP contribution in [0.4, 0.5) is 11.4 Å². The molecule has 1 saturated heterocycles. The van der Waals surface area contributed by atoms with Gasteiger partial charge in [0.25, 0.3) is 5.69 Å². The fourth-order valence-corrected chi connectivity index (χ4v) is 2.97. The van der Waals surface area contributed by atoms with Crippen LogP contribution in [0, 0.1) is 10.1 Å². The van der Waals surface area contributed by atoms with E-state index < -0.39 is 4.92 Å². The van der Waals surface area contributed by atoms with Crippen molar-refractivity contribution in [2.24, 2.45) is 0 Å². The Labute approximate surface area is 125 Å². The molecule has 0 radical (unpaired) electrons. The number of nitro benzene ring substituents is 1. The van der Waals surface area contributed by atoms with Gasteiger partial charge in [-0.05, 0) is 45.1 Å². The molecule has 0 aliphatic carbocycles. The van der Waals surface area contributed by atoms with Gasteiger partial charge in [0, 0.05) is 18.7 Å². The Kier molecular flexibility index (Phi) is 5.14. The Hall–Kier alpha value is -1.66. The number of nitrogens with zero attached hydrogens (tertiary/aromatic N) is 3. The Bertz CT molecular complexity index is 498. The Balaban J connectivity index is 2.02. The minimum Gasteiger partial charge on any atom is -0.393 e. The fourth-order valence-electron chi connectivity index (χ4n) is 2.97. The first-order valence-corrected chi connectivity index (χ1v) is 7.47. The van der Waals surface area contributed by atoms with Crippen molar-refractivity contribution in [3.8, 4) is 0 Å². The lowest BCUT2D eigenvalue weighted by atomic mass is 10.0. The zero-order valence-corrected chi connectivity index (χ0v) is 12.8. The van der Waals surface area contributed by atoms with Crippen molar-refractivity contribution in [1.82, 2.24) is 9.80 Å². The van der Waals surface area contributed by atoms with Gasteiger partial charge in [-0.15, -0.1) is 0 Å². The van der Waals surface area contributed by atoms with E-state index in [2.05, 4.69) is 23.8 Å². The van der Waals surface area contributed by atoms with E-state index in [1.54, 1.807) is 6.07 Å². The molecule has 6 heteroatoms. The smallest absolute Gasteiger partial charge is 0.292 e. The summed E-state index contributed by atoms with van der Waals surface area (Å²) < 4.78 is 0. The zero-order chi connectivity index (χ0) is 15.4. The van der Waals surface area contributed by atoms with Crippen molar-refractivity contribution in [2.45, 2.75) is 32.4 Å². The number of hydrogen-bond donors (Lipinski definition) is 1. The number of likely N-dealkylation sites (tertiary alicyclic amines) is 1. The molecule has 0 spiro atoms. The molecule has 1 heterocycles.